The first kappa shape index (κ1) is 14.3. The van der Waals surface area contributed by atoms with Gasteiger partial charge < -0.3 is 5.11 Å². The molecule has 1 saturated heterocycles. The molecule has 1 aromatic carbocycles. The summed E-state index contributed by atoms with van der Waals surface area (Å²) in [6, 6.07) is 10.2. The van der Waals surface area contributed by atoms with Gasteiger partial charge >= 0.3 is 0 Å². The minimum atomic E-state index is 0.254. The number of rotatable bonds is 5. The van der Waals surface area contributed by atoms with Crippen LogP contribution in [0.2, 0.25) is 0 Å². The van der Waals surface area contributed by atoms with Crippen LogP contribution in [0.15, 0.2) is 42.7 Å². The summed E-state index contributed by atoms with van der Waals surface area (Å²) in [5, 5.41) is 13.4. The smallest absolute Gasteiger partial charge is 0.0645 e. The highest BCUT2D eigenvalue weighted by atomic mass is 16.3. The van der Waals surface area contributed by atoms with Crippen LogP contribution in [-0.4, -0.2) is 64.0 Å². The van der Waals surface area contributed by atoms with Crippen molar-refractivity contribution in [3.8, 4) is 5.69 Å². The largest absolute Gasteiger partial charge is 0.395 e. The van der Waals surface area contributed by atoms with Crippen molar-refractivity contribution in [2.75, 3.05) is 39.3 Å². The molecule has 1 fully saturated rings. The fraction of sp³-hybridized carbons (Fsp3) is 0.438. The van der Waals surface area contributed by atoms with Crippen molar-refractivity contribution >= 4 is 0 Å². The lowest BCUT2D eigenvalue weighted by Gasteiger charge is -2.34. The zero-order valence-corrected chi connectivity index (χ0v) is 12.2. The number of piperazine rings is 1. The summed E-state index contributed by atoms with van der Waals surface area (Å²) in [6.07, 6.45) is 4.06. The Kier molecular flexibility index (Phi) is 4.65. The molecule has 2 heterocycles. The molecule has 1 N–H and O–H groups in total. The standard InChI is InChI=1S/C16H22N4O/c21-11-10-18-6-8-19(9-7-18)13-15-12-17-20(14-15)16-4-2-1-3-5-16/h1-5,12,14,21H,6-11,13H2. The SMILES string of the molecule is OCCN1CCN(Cc2cnn(-c3ccccc3)c2)CC1. The van der Waals surface area contributed by atoms with Gasteiger partial charge in [0.05, 0.1) is 18.5 Å². The highest BCUT2D eigenvalue weighted by molar-refractivity contribution is 5.30. The molecule has 21 heavy (non-hydrogen) atoms. The van der Waals surface area contributed by atoms with Crippen molar-refractivity contribution < 1.29 is 5.11 Å². The van der Waals surface area contributed by atoms with E-state index in [2.05, 4.69) is 33.2 Å². The summed E-state index contributed by atoms with van der Waals surface area (Å²) in [6.45, 7) is 6.16. The predicted molar refractivity (Wildman–Crippen MR) is 82.4 cm³/mol. The maximum atomic E-state index is 8.96. The van der Waals surface area contributed by atoms with E-state index in [-0.39, 0.29) is 6.61 Å². The van der Waals surface area contributed by atoms with E-state index in [0.717, 1.165) is 45.0 Å². The van der Waals surface area contributed by atoms with Crippen molar-refractivity contribution in [1.29, 1.82) is 0 Å². The molecule has 5 heteroatoms. The molecular weight excluding hydrogens is 264 g/mol. The summed E-state index contributed by atoms with van der Waals surface area (Å²) in [5.74, 6) is 0. The van der Waals surface area contributed by atoms with Crippen LogP contribution >= 0.6 is 0 Å². The van der Waals surface area contributed by atoms with Crippen LogP contribution in [0, 0.1) is 0 Å². The molecule has 0 spiro atoms. The first-order valence-corrected chi connectivity index (χ1v) is 7.50. The summed E-state index contributed by atoms with van der Waals surface area (Å²) in [4.78, 5) is 4.75. The van der Waals surface area contributed by atoms with Gasteiger partial charge in [-0.1, -0.05) is 18.2 Å². The topological polar surface area (TPSA) is 44.5 Å². The molecule has 0 atom stereocenters. The summed E-state index contributed by atoms with van der Waals surface area (Å²) in [5.41, 5.74) is 2.34. The minimum Gasteiger partial charge on any atom is -0.395 e. The molecule has 0 radical (unpaired) electrons. The lowest BCUT2D eigenvalue weighted by Crippen LogP contribution is -2.46. The third-order valence-corrected chi connectivity index (χ3v) is 3.94. The summed E-state index contributed by atoms with van der Waals surface area (Å²) in [7, 11) is 0. The molecule has 1 aliphatic heterocycles. The molecule has 0 saturated carbocycles. The van der Waals surface area contributed by atoms with E-state index in [0.29, 0.717) is 0 Å². The Bertz CT molecular complexity index is 546. The van der Waals surface area contributed by atoms with Gasteiger partial charge in [-0.3, -0.25) is 9.80 Å². The number of para-hydroxylation sites is 1. The Morgan fingerprint density at radius 1 is 1.00 bits per heavy atom. The van der Waals surface area contributed by atoms with Gasteiger partial charge in [0.25, 0.3) is 0 Å². The predicted octanol–water partition coefficient (Wildman–Crippen LogP) is 0.982. The molecule has 5 nitrogen and oxygen atoms in total. The zero-order valence-electron chi connectivity index (χ0n) is 12.2. The van der Waals surface area contributed by atoms with Crippen molar-refractivity contribution in [2.45, 2.75) is 6.54 Å². The number of aromatic nitrogens is 2. The van der Waals surface area contributed by atoms with Crippen molar-refractivity contribution in [1.82, 2.24) is 19.6 Å². The monoisotopic (exact) mass is 286 g/mol. The molecule has 1 aliphatic rings. The molecule has 0 aliphatic carbocycles. The molecular formula is C16H22N4O. The van der Waals surface area contributed by atoms with E-state index >= 15 is 0 Å². The maximum Gasteiger partial charge on any atom is 0.0645 e. The highest BCUT2D eigenvalue weighted by Crippen LogP contribution is 2.11. The Balaban J connectivity index is 1.56. The fourth-order valence-corrected chi connectivity index (χ4v) is 2.73. The maximum absolute atomic E-state index is 8.96. The van der Waals surface area contributed by atoms with Gasteiger partial charge in [-0.05, 0) is 12.1 Å². The van der Waals surface area contributed by atoms with Gasteiger partial charge in [-0.15, -0.1) is 0 Å². The van der Waals surface area contributed by atoms with Crippen LogP contribution in [-0.2, 0) is 6.54 Å². The lowest BCUT2D eigenvalue weighted by atomic mass is 10.2. The quantitative estimate of drug-likeness (QED) is 0.890. The number of hydrogen-bond donors (Lipinski definition) is 1. The molecule has 0 unspecified atom stereocenters. The average Bonchev–Trinajstić information content (AvgIpc) is 2.99. The van der Waals surface area contributed by atoms with E-state index in [1.54, 1.807) is 0 Å². The van der Waals surface area contributed by atoms with E-state index in [9.17, 15) is 0 Å². The Morgan fingerprint density at radius 2 is 1.71 bits per heavy atom. The van der Waals surface area contributed by atoms with Crippen molar-refractivity contribution in [3.05, 3.63) is 48.3 Å². The number of aliphatic hydroxyl groups is 1. The van der Waals surface area contributed by atoms with Crippen molar-refractivity contribution in [3.63, 3.8) is 0 Å². The Morgan fingerprint density at radius 3 is 2.43 bits per heavy atom. The second-order valence-corrected chi connectivity index (χ2v) is 5.47. The second-order valence-electron chi connectivity index (χ2n) is 5.47. The van der Waals surface area contributed by atoms with E-state index in [1.165, 1.54) is 5.56 Å². The third kappa shape index (κ3) is 3.69. The van der Waals surface area contributed by atoms with Gasteiger partial charge in [0.15, 0.2) is 0 Å². The fourth-order valence-electron chi connectivity index (χ4n) is 2.73. The first-order valence-electron chi connectivity index (χ1n) is 7.50. The lowest BCUT2D eigenvalue weighted by molar-refractivity contribution is 0.108. The number of β-amino-alcohol motifs (C(OH)–C–C–N with tert-alkyl or cyclic N) is 1. The number of hydrogen-bond acceptors (Lipinski definition) is 4. The van der Waals surface area contributed by atoms with Gasteiger partial charge in [0, 0.05) is 51.0 Å². The van der Waals surface area contributed by atoms with Gasteiger partial charge in [0.2, 0.25) is 0 Å². The zero-order chi connectivity index (χ0) is 14.5. The number of nitrogens with zero attached hydrogens (tertiary/aromatic N) is 4. The van der Waals surface area contributed by atoms with E-state index in [1.807, 2.05) is 29.1 Å². The van der Waals surface area contributed by atoms with Gasteiger partial charge in [-0.25, -0.2) is 4.68 Å². The first-order chi connectivity index (χ1) is 10.3. The molecule has 0 amide bonds. The third-order valence-electron chi connectivity index (χ3n) is 3.94. The van der Waals surface area contributed by atoms with Crippen LogP contribution in [0.5, 0.6) is 0 Å². The van der Waals surface area contributed by atoms with E-state index in [4.69, 9.17) is 5.11 Å². The van der Waals surface area contributed by atoms with Gasteiger partial charge in [-0.2, -0.15) is 5.10 Å². The second kappa shape index (κ2) is 6.85. The van der Waals surface area contributed by atoms with Crippen molar-refractivity contribution in [2.24, 2.45) is 0 Å². The van der Waals surface area contributed by atoms with E-state index < -0.39 is 0 Å². The highest BCUT2D eigenvalue weighted by Gasteiger charge is 2.16. The molecule has 2 aromatic rings. The van der Waals surface area contributed by atoms with Crippen LogP contribution in [0.1, 0.15) is 5.56 Å². The van der Waals surface area contributed by atoms with Crippen LogP contribution in [0.3, 0.4) is 0 Å². The molecule has 112 valence electrons. The molecule has 1 aromatic heterocycles. The minimum absolute atomic E-state index is 0.254. The van der Waals surface area contributed by atoms with Crippen LogP contribution in [0.25, 0.3) is 5.69 Å². The normalized spacial score (nSPS) is 17.2. The summed E-state index contributed by atoms with van der Waals surface area (Å²) >= 11 is 0. The summed E-state index contributed by atoms with van der Waals surface area (Å²) < 4.78 is 1.93. The molecule has 3 rings (SSSR count). The van der Waals surface area contributed by atoms with Crippen LogP contribution in [0.4, 0.5) is 0 Å². The average molecular weight is 286 g/mol. The number of benzene rings is 1. The molecule has 0 bridgehead atoms. The Hall–Kier alpha value is -1.69. The Labute approximate surface area is 125 Å². The van der Waals surface area contributed by atoms with Gasteiger partial charge in [0.1, 0.15) is 0 Å². The van der Waals surface area contributed by atoms with Crippen LogP contribution < -0.4 is 0 Å². The number of aliphatic hydroxyl groups excluding tert-OH is 1.